The maximum absolute atomic E-state index is 12.8. The molecule has 2 aromatic heterocycles. The number of piperazine rings is 1. The van der Waals surface area contributed by atoms with Gasteiger partial charge < -0.3 is 9.80 Å². The minimum Gasteiger partial charge on any atom is -0.345 e. The van der Waals surface area contributed by atoms with E-state index in [9.17, 15) is 14.9 Å². The van der Waals surface area contributed by atoms with Crippen LogP contribution in [0.1, 0.15) is 16.1 Å². The number of nitro benzene ring substituents is 1. The maximum Gasteiger partial charge on any atom is 0.272 e. The van der Waals surface area contributed by atoms with Crippen LogP contribution in [-0.4, -0.2) is 56.7 Å². The van der Waals surface area contributed by atoms with Gasteiger partial charge in [0.15, 0.2) is 5.13 Å². The second-order valence-electron chi connectivity index (χ2n) is 6.48. The van der Waals surface area contributed by atoms with E-state index in [1.165, 1.54) is 17.4 Å². The first-order chi connectivity index (χ1) is 12.9. The zero-order valence-corrected chi connectivity index (χ0v) is 15.8. The number of nitrogens with zero attached hydrogens (tertiary/aromatic N) is 6. The lowest BCUT2D eigenvalue weighted by Gasteiger charge is -2.34. The molecule has 10 heteroatoms. The van der Waals surface area contributed by atoms with Gasteiger partial charge in [0, 0.05) is 45.4 Å². The number of carbonyl (C=O) groups excluding carboxylic acids is 1. The predicted molar refractivity (Wildman–Crippen MR) is 102 cm³/mol. The summed E-state index contributed by atoms with van der Waals surface area (Å²) in [5.74, 6) is -0.00734. The van der Waals surface area contributed by atoms with Crippen molar-refractivity contribution >= 4 is 38.3 Å². The largest absolute Gasteiger partial charge is 0.345 e. The van der Waals surface area contributed by atoms with Gasteiger partial charge in [-0.15, -0.1) is 0 Å². The molecule has 3 heterocycles. The van der Waals surface area contributed by atoms with Gasteiger partial charge in [0.1, 0.15) is 5.69 Å². The number of amides is 1. The molecule has 0 atom stereocenters. The normalized spacial score (nSPS) is 14.7. The molecule has 4 rings (SSSR count). The molecule has 0 bridgehead atoms. The molecular weight excluding hydrogens is 368 g/mol. The summed E-state index contributed by atoms with van der Waals surface area (Å²) < 4.78 is 2.41. The van der Waals surface area contributed by atoms with Crippen LogP contribution in [0.4, 0.5) is 10.8 Å². The Hall–Kier alpha value is -3.01. The standard InChI is InChI=1S/C17H18N6O3S/c1-11-10-18-20(2)15(11)16(24)21-5-7-22(8-6-21)17-19-13-4-3-12(23(25)26)9-14(13)27-17/h3-4,9-10H,5-8H2,1-2H3. The van der Waals surface area contributed by atoms with E-state index in [1.807, 2.05) is 11.8 Å². The molecule has 3 aromatic rings. The third-order valence-corrected chi connectivity index (χ3v) is 5.81. The van der Waals surface area contributed by atoms with Crippen LogP contribution in [-0.2, 0) is 7.05 Å². The topological polar surface area (TPSA) is 97.4 Å². The highest BCUT2D eigenvalue weighted by Gasteiger charge is 2.26. The Labute approximate surface area is 159 Å². The van der Waals surface area contributed by atoms with Gasteiger partial charge in [-0.25, -0.2) is 4.98 Å². The Bertz CT molecular complexity index is 1020. The van der Waals surface area contributed by atoms with E-state index in [2.05, 4.69) is 15.0 Å². The lowest BCUT2D eigenvalue weighted by atomic mass is 10.2. The number of carbonyl (C=O) groups is 1. The predicted octanol–water partition coefficient (Wildman–Crippen LogP) is 2.21. The minimum atomic E-state index is -0.399. The number of rotatable bonds is 3. The number of thiazole rings is 1. The van der Waals surface area contributed by atoms with Crippen molar-refractivity contribution in [2.24, 2.45) is 7.05 Å². The number of fused-ring (bicyclic) bond motifs is 1. The quantitative estimate of drug-likeness (QED) is 0.506. The molecule has 0 spiro atoms. The van der Waals surface area contributed by atoms with Gasteiger partial charge in [-0.3, -0.25) is 19.6 Å². The molecule has 0 radical (unpaired) electrons. The Morgan fingerprint density at radius 2 is 2.00 bits per heavy atom. The summed E-state index contributed by atoms with van der Waals surface area (Å²) in [5, 5.41) is 15.9. The first kappa shape index (κ1) is 17.4. The van der Waals surface area contributed by atoms with Crippen LogP contribution < -0.4 is 4.90 Å². The van der Waals surface area contributed by atoms with Crippen molar-refractivity contribution in [1.82, 2.24) is 19.7 Å². The lowest BCUT2D eigenvalue weighted by Crippen LogP contribution is -2.49. The van der Waals surface area contributed by atoms with Crippen molar-refractivity contribution in [2.45, 2.75) is 6.92 Å². The van der Waals surface area contributed by atoms with Gasteiger partial charge >= 0.3 is 0 Å². The Morgan fingerprint density at radius 3 is 2.63 bits per heavy atom. The van der Waals surface area contributed by atoms with Crippen molar-refractivity contribution in [3.63, 3.8) is 0 Å². The smallest absolute Gasteiger partial charge is 0.272 e. The lowest BCUT2D eigenvalue weighted by molar-refractivity contribution is -0.384. The van der Waals surface area contributed by atoms with Gasteiger partial charge in [-0.1, -0.05) is 11.3 Å². The number of non-ortho nitro benzene ring substituents is 1. The fourth-order valence-electron chi connectivity index (χ4n) is 3.25. The molecule has 1 fully saturated rings. The third-order valence-electron chi connectivity index (χ3n) is 4.73. The van der Waals surface area contributed by atoms with Gasteiger partial charge in [-0.05, 0) is 18.6 Å². The van der Waals surface area contributed by atoms with E-state index >= 15 is 0 Å². The van der Waals surface area contributed by atoms with Crippen LogP contribution in [0.25, 0.3) is 10.2 Å². The first-order valence-corrected chi connectivity index (χ1v) is 9.33. The number of anilines is 1. The minimum absolute atomic E-state index is 0.00734. The molecule has 0 unspecified atom stereocenters. The molecule has 1 aliphatic rings. The van der Waals surface area contributed by atoms with Crippen LogP contribution in [0.5, 0.6) is 0 Å². The van der Waals surface area contributed by atoms with Crippen LogP contribution in [0.2, 0.25) is 0 Å². The summed E-state index contributed by atoms with van der Waals surface area (Å²) in [6, 6.07) is 4.71. The van der Waals surface area contributed by atoms with E-state index in [0.29, 0.717) is 31.9 Å². The molecule has 27 heavy (non-hydrogen) atoms. The number of aryl methyl sites for hydroxylation is 2. The Balaban J connectivity index is 1.48. The number of hydrogen-bond acceptors (Lipinski definition) is 7. The Kier molecular flexibility index (Phi) is 4.27. The molecule has 0 aliphatic carbocycles. The third kappa shape index (κ3) is 3.12. The van der Waals surface area contributed by atoms with Gasteiger partial charge in [0.25, 0.3) is 11.6 Å². The molecule has 0 N–H and O–H groups in total. The van der Waals surface area contributed by atoms with Crippen molar-refractivity contribution in [3.05, 3.63) is 45.8 Å². The van der Waals surface area contributed by atoms with E-state index in [4.69, 9.17) is 0 Å². The SMILES string of the molecule is Cc1cnn(C)c1C(=O)N1CCN(c2nc3ccc([N+](=O)[O-])cc3s2)CC1. The summed E-state index contributed by atoms with van der Waals surface area (Å²) in [6.07, 6.45) is 1.70. The van der Waals surface area contributed by atoms with Crippen LogP contribution >= 0.6 is 11.3 Å². The van der Waals surface area contributed by atoms with Crippen molar-refractivity contribution in [3.8, 4) is 0 Å². The zero-order chi connectivity index (χ0) is 19.1. The molecule has 1 saturated heterocycles. The number of aromatic nitrogens is 3. The molecule has 0 saturated carbocycles. The van der Waals surface area contributed by atoms with Crippen molar-refractivity contribution in [2.75, 3.05) is 31.1 Å². The summed E-state index contributed by atoms with van der Waals surface area (Å²) in [6.45, 7) is 4.42. The molecule has 9 nitrogen and oxygen atoms in total. The number of nitro groups is 1. The van der Waals surface area contributed by atoms with Gasteiger partial charge in [-0.2, -0.15) is 5.10 Å². The summed E-state index contributed by atoms with van der Waals surface area (Å²) in [4.78, 5) is 31.8. The average molecular weight is 386 g/mol. The molecule has 1 aliphatic heterocycles. The number of benzene rings is 1. The highest BCUT2D eigenvalue weighted by Crippen LogP contribution is 2.32. The molecule has 1 aromatic carbocycles. The summed E-state index contributed by atoms with van der Waals surface area (Å²) in [7, 11) is 1.77. The molecular formula is C17H18N6O3S. The van der Waals surface area contributed by atoms with E-state index in [1.54, 1.807) is 30.1 Å². The first-order valence-electron chi connectivity index (χ1n) is 8.52. The van der Waals surface area contributed by atoms with E-state index in [0.717, 1.165) is 20.9 Å². The Morgan fingerprint density at radius 1 is 1.26 bits per heavy atom. The summed E-state index contributed by atoms with van der Waals surface area (Å²) in [5.41, 5.74) is 2.32. The van der Waals surface area contributed by atoms with Gasteiger partial charge in [0.05, 0.1) is 21.3 Å². The summed E-state index contributed by atoms with van der Waals surface area (Å²) >= 11 is 1.44. The second kappa shape index (κ2) is 6.62. The highest BCUT2D eigenvalue weighted by molar-refractivity contribution is 7.22. The van der Waals surface area contributed by atoms with Gasteiger partial charge in [0.2, 0.25) is 0 Å². The second-order valence-corrected chi connectivity index (χ2v) is 7.49. The monoisotopic (exact) mass is 386 g/mol. The average Bonchev–Trinajstić information content (AvgIpc) is 3.23. The highest BCUT2D eigenvalue weighted by atomic mass is 32.1. The van der Waals surface area contributed by atoms with E-state index in [-0.39, 0.29) is 11.6 Å². The zero-order valence-electron chi connectivity index (χ0n) is 15.0. The maximum atomic E-state index is 12.8. The van der Waals surface area contributed by atoms with E-state index < -0.39 is 4.92 Å². The van der Waals surface area contributed by atoms with Crippen molar-refractivity contribution in [1.29, 1.82) is 0 Å². The van der Waals surface area contributed by atoms with Crippen LogP contribution in [0, 0.1) is 17.0 Å². The number of hydrogen-bond donors (Lipinski definition) is 0. The molecule has 1 amide bonds. The molecule has 140 valence electrons. The fourth-order valence-corrected chi connectivity index (χ4v) is 4.31. The van der Waals surface area contributed by atoms with Crippen LogP contribution in [0.3, 0.4) is 0 Å². The van der Waals surface area contributed by atoms with Crippen molar-refractivity contribution < 1.29 is 9.72 Å². The van der Waals surface area contributed by atoms with Crippen LogP contribution in [0.15, 0.2) is 24.4 Å². The fraction of sp³-hybridized carbons (Fsp3) is 0.353.